The van der Waals surface area contributed by atoms with Gasteiger partial charge in [0.25, 0.3) is 0 Å². The summed E-state index contributed by atoms with van der Waals surface area (Å²) in [6, 6.07) is 0. The highest BCUT2D eigenvalue weighted by Gasteiger charge is 2.68. The Kier molecular flexibility index (Phi) is 5.57. The molecule has 0 heterocycles. The van der Waals surface area contributed by atoms with Crippen molar-refractivity contribution in [2.45, 2.75) is 96.6 Å². The van der Waals surface area contributed by atoms with Crippen LogP contribution in [-0.2, 0) is 4.79 Å². The van der Waals surface area contributed by atoms with Crippen molar-refractivity contribution in [3.63, 3.8) is 0 Å². The van der Waals surface area contributed by atoms with Crippen molar-refractivity contribution in [1.29, 1.82) is 0 Å². The number of carbonyl (C=O) groups is 1. The van der Waals surface area contributed by atoms with E-state index in [0.717, 1.165) is 25.7 Å². The largest absolute Gasteiger partial charge is 0.481 e. The lowest BCUT2D eigenvalue weighted by atomic mass is 9.42. The molecule has 4 rings (SSSR count). The highest BCUT2D eigenvalue weighted by molar-refractivity contribution is 5.66. The highest BCUT2D eigenvalue weighted by Crippen LogP contribution is 2.69. The summed E-state index contributed by atoms with van der Waals surface area (Å²) in [4.78, 5) is 11.1. The SMILES string of the molecule is C[C@H](CCC(=O)O)[C@H]1CC[C@H]2[C@@H]3[C@H](O)CC4C[C@H](O)CC(O)(O)[C@]4(C)[C@H]3CC[C@]12C. The number of aliphatic hydroxyl groups is 4. The van der Waals surface area contributed by atoms with Crippen molar-refractivity contribution in [3.8, 4) is 0 Å². The van der Waals surface area contributed by atoms with Crippen molar-refractivity contribution < 1.29 is 30.3 Å². The van der Waals surface area contributed by atoms with Crippen molar-refractivity contribution in [2.75, 3.05) is 0 Å². The molecule has 4 aliphatic rings. The van der Waals surface area contributed by atoms with Gasteiger partial charge < -0.3 is 25.5 Å². The molecular weight excluding hydrogens is 384 g/mol. The number of rotatable bonds is 4. The van der Waals surface area contributed by atoms with Gasteiger partial charge in [0.2, 0.25) is 0 Å². The molecule has 0 bridgehead atoms. The van der Waals surface area contributed by atoms with Gasteiger partial charge in [0.1, 0.15) is 0 Å². The first-order valence-corrected chi connectivity index (χ1v) is 11.9. The van der Waals surface area contributed by atoms with Crippen LogP contribution in [0.15, 0.2) is 0 Å². The van der Waals surface area contributed by atoms with Crippen LogP contribution in [0.4, 0.5) is 0 Å². The minimum atomic E-state index is -1.92. The lowest BCUT2D eigenvalue weighted by Crippen LogP contribution is -2.67. The summed E-state index contributed by atoms with van der Waals surface area (Å²) in [7, 11) is 0. The molecular formula is C24H40O6. The molecule has 5 N–H and O–H groups in total. The normalized spacial score (nSPS) is 50.8. The maximum Gasteiger partial charge on any atom is 0.303 e. The number of fused-ring (bicyclic) bond motifs is 5. The Labute approximate surface area is 179 Å². The van der Waals surface area contributed by atoms with Crippen molar-refractivity contribution in [1.82, 2.24) is 0 Å². The summed E-state index contributed by atoms with van der Waals surface area (Å²) >= 11 is 0. The van der Waals surface area contributed by atoms with E-state index in [2.05, 4.69) is 13.8 Å². The standard InChI is InChI=1S/C24H40O6/c1-13(4-7-20(27)28)16-5-6-17-21-18(8-9-22(16,17)2)23(3)14(11-19(21)26)10-15(25)12-24(23,29)30/h13-19,21,25-26,29-30H,4-12H2,1-3H3,(H,27,28)/t13-,14?,15+,16-,17+,18+,19-,21+,22-,23+/m1/s1. The summed E-state index contributed by atoms with van der Waals surface area (Å²) in [5.74, 6) is -1.59. The van der Waals surface area contributed by atoms with E-state index in [1.165, 1.54) is 0 Å². The molecule has 0 aliphatic heterocycles. The molecule has 0 aromatic heterocycles. The second-order valence-electron chi connectivity index (χ2n) is 11.6. The first kappa shape index (κ1) is 22.5. The zero-order chi connectivity index (χ0) is 22.1. The molecule has 0 spiro atoms. The Morgan fingerprint density at radius 2 is 1.77 bits per heavy atom. The fourth-order valence-corrected chi connectivity index (χ4v) is 8.88. The second-order valence-corrected chi connectivity index (χ2v) is 11.6. The van der Waals surface area contributed by atoms with Gasteiger partial charge in [0, 0.05) is 18.3 Å². The minimum Gasteiger partial charge on any atom is -0.481 e. The number of carboxylic acid groups (broad SMARTS) is 1. The third kappa shape index (κ3) is 3.16. The maximum absolute atomic E-state index is 11.3. The third-order valence-corrected chi connectivity index (χ3v) is 10.4. The summed E-state index contributed by atoms with van der Waals surface area (Å²) in [5, 5.41) is 52.7. The van der Waals surface area contributed by atoms with Crippen LogP contribution >= 0.6 is 0 Å². The van der Waals surface area contributed by atoms with Crippen LogP contribution in [0.2, 0.25) is 0 Å². The van der Waals surface area contributed by atoms with Gasteiger partial charge in [0.15, 0.2) is 5.79 Å². The van der Waals surface area contributed by atoms with Gasteiger partial charge in [-0.2, -0.15) is 0 Å². The predicted molar refractivity (Wildman–Crippen MR) is 111 cm³/mol. The van der Waals surface area contributed by atoms with Crippen LogP contribution in [0.25, 0.3) is 0 Å². The molecule has 10 atom stereocenters. The van der Waals surface area contributed by atoms with Crippen LogP contribution < -0.4 is 0 Å². The summed E-state index contributed by atoms with van der Waals surface area (Å²) in [6.07, 6.45) is 4.60. The van der Waals surface area contributed by atoms with Gasteiger partial charge in [-0.3, -0.25) is 4.79 Å². The summed E-state index contributed by atoms with van der Waals surface area (Å²) in [5.41, 5.74) is -0.657. The number of carboxylic acids is 1. The zero-order valence-corrected chi connectivity index (χ0v) is 18.6. The number of aliphatic carboxylic acids is 1. The topological polar surface area (TPSA) is 118 Å². The second kappa shape index (κ2) is 7.43. The molecule has 0 saturated heterocycles. The van der Waals surface area contributed by atoms with E-state index < -0.39 is 29.4 Å². The summed E-state index contributed by atoms with van der Waals surface area (Å²) < 4.78 is 0. The Hall–Kier alpha value is -0.690. The van der Waals surface area contributed by atoms with Crippen LogP contribution in [0.5, 0.6) is 0 Å². The van der Waals surface area contributed by atoms with E-state index in [4.69, 9.17) is 5.11 Å². The molecule has 30 heavy (non-hydrogen) atoms. The van der Waals surface area contributed by atoms with Gasteiger partial charge in [-0.05, 0) is 85.9 Å². The Balaban J connectivity index is 1.62. The van der Waals surface area contributed by atoms with E-state index in [1.54, 1.807) is 0 Å². The van der Waals surface area contributed by atoms with Crippen LogP contribution in [-0.4, -0.2) is 49.5 Å². The molecule has 6 nitrogen and oxygen atoms in total. The fraction of sp³-hybridized carbons (Fsp3) is 0.958. The smallest absolute Gasteiger partial charge is 0.303 e. The number of hydrogen-bond acceptors (Lipinski definition) is 5. The minimum absolute atomic E-state index is 0.0178. The molecule has 0 amide bonds. The lowest BCUT2D eigenvalue weighted by Gasteiger charge is -2.65. The Bertz CT molecular complexity index is 679. The molecule has 0 aromatic rings. The molecule has 4 fully saturated rings. The lowest BCUT2D eigenvalue weighted by molar-refractivity contribution is -0.334. The molecule has 1 unspecified atom stereocenters. The molecule has 4 saturated carbocycles. The Morgan fingerprint density at radius 3 is 2.43 bits per heavy atom. The van der Waals surface area contributed by atoms with E-state index in [9.17, 15) is 25.2 Å². The first-order valence-electron chi connectivity index (χ1n) is 11.9. The molecule has 6 heteroatoms. The van der Waals surface area contributed by atoms with Crippen molar-refractivity contribution in [2.24, 2.45) is 46.3 Å². The van der Waals surface area contributed by atoms with E-state index in [0.29, 0.717) is 37.0 Å². The predicted octanol–water partition coefficient (Wildman–Crippen LogP) is 2.77. The fourth-order valence-electron chi connectivity index (χ4n) is 8.88. The van der Waals surface area contributed by atoms with Crippen LogP contribution in [0.1, 0.15) is 78.6 Å². The summed E-state index contributed by atoms with van der Waals surface area (Å²) in [6.45, 7) is 6.49. The van der Waals surface area contributed by atoms with Gasteiger partial charge in [-0.15, -0.1) is 0 Å². The number of hydrogen-bond donors (Lipinski definition) is 5. The van der Waals surface area contributed by atoms with Gasteiger partial charge in [-0.1, -0.05) is 20.8 Å². The molecule has 172 valence electrons. The van der Waals surface area contributed by atoms with Gasteiger partial charge in [0.05, 0.1) is 12.2 Å². The Morgan fingerprint density at radius 1 is 1.07 bits per heavy atom. The van der Waals surface area contributed by atoms with Gasteiger partial charge in [-0.25, -0.2) is 0 Å². The monoisotopic (exact) mass is 424 g/mol. The van der Waals surface area contributed by atoms with Crippen molar-refractivity contribution >= 4 is 5.97 Å². The highest BCUT2D eigenvalue weighted by atomic mass is 16.5. The molecule has 0 aromatic carbocycles. The number of aliphatic hydroxyl groups excluding tert-OH is 2. The first-order chi connectivity index (χ1) is 13.9. The zero-order valence-electron chi connectivity index (χ0n) is 18.6. The average Bonchev–Trinajstić information content (AvgIpc) is 2.98. The van der Waals surface area contributed by atoms with E-state index in [1.807, 2.05) is 6.92 Å². The van der Waals surface area contributed by atoms with Crippen molar-refractivity contribution in [3.05, 3.63) is 0 Å². The van der Waals surface area contributed by atoms with Gasteiger partial charge >= 0.3 is 5.97 Å². The van der Waals surface area contributed by atoms with E-state index >= 15 is 0 Å². The molecule has 4 aliphatic carbocycles. The maximum atomic E-state index is 11.3. The quantitative estimate of drug-likeness (QED) is 0.443. The average molecular weight is 425 g/mol. The van der Waals surface area contributed by atoms with Crippen LogP contribution in [0, 0.1) is 46.3 Å². The van der Waals surface area contributed by atoms with Crippen LogP contribution in [0.3, 0.4) is 0 Å². The molecule has 0 radical (unpaired) electrons. The van der Waals surface area contributed by atoms with E-state index in [-0.39, 0.29) is 36.0 Å². The third-order valence-electron chi connectivity index (χ3n) is 10.4.